The fourth-order valence-electron chi connectivity index (χ4n) is 0. The van der Waals surface area contributed by atoms with Crippen LogP contribution in [0.5, 0.6) is 0 Å². The largest absolute Gasteiger partial charge is 0.0715 e. The molecule has 0 aliphatic carbocycles. The average Bonchev–Trinajstić information content (AvgIpc) is 2.08. The van der Waals surface area contributed by atoms with Crippen LogP contribution in [0.4, 0.5) is 0 Å². The van der Waals surface area contributed by atoms with Crippen molar-refractivity contribution in [3.05, 3.63) is 0 Å². The smallest absolute Gasteiger partial charge is 0.0379 e. The maximum Gasteiger partial charge on any atom is 0.0379 e. The molecule has 0 nitrogen and oxygen atoms in total. The monoisotopic (exact) mass is 798 g/mol. The minimum Gasteiger partial charge on any atom is -0.0715 e. The molecule has 0 amide bonds. The van der Waals surface area contributed by atoms with Crippen LogP contribution in [0.15, 0.2) is 0 Å². The summed E-state index contributed by atoms with van der Waals surface area (Å²) in [6.45, 7) is 40.8. The van der Waals surface area contributed by atoms with Gasteiger partial charge in [0.25, 0.3) is 0 Å². The molecule has 0 aliphatic rings. The van der Waals surface area contributed by atoms with Crippen molar-refractivity contribution in [1.82, 2.24) is 0 Å². The number of hydrogen-bond acceptors (Lipinski definition) is 0. The summed E-state index contributed by atoms with van der Waals surface area (Å²) in [7, 11) is 0.722. The third kappa shape index (κ3) is 1670. The maximum atomic E-state index is 2.27. The van der Waals surface area contributed by atoms with E-state index in [-0.39, 0.29) is 125 Å². The minimum atomic E-state index is 0. The summed E-state index contributed by atoms with van der Waals surface area (Å²) in [6, 6.07) is 0. The fourth-order valence-corrected chi connectivity index (χ4v) is 0. The fraction of sp³-hybridized carbons (Fsp3) is 1.00. The van der Waals surface area contributed by atoms with Crippen molar-refractivity contribution in [3.63, 3.8) is 0 Å². The summed E-state index contributed by atoms with van der Waals surface area (Å²) in [5.41, 5.74) is 0. The zero-order valence-electron chi connectivity index (χ0n) is 22.5. The second kappa shape index (κ2) is 52.0. The first-order valence-corrected chi connectivity index (χ1v) is 27.0. The molecule has 0 heterocycles. The number of hydrogen-bond donors (Lipinski definition) is 0. The van der Waals surface area contributed by atoms with Crippen LogP contribution in [-0.4, -0.2) is 125 Å². The van der Waals surface area contributed by atoms with Crippen molar-refractivity contribution < 1.29 is 0 Å². The average molecular weight is 795 g/mol. The van der Waals surface area contributed by atoms with E-state index in [1.54, 1.807) is 0 Å². The molecule has 0 rings (SSSR count). The van der Waals surface area contributed by atoms with E-state index in [0.29, 0.717) is 0 Å². The van der Waals surface area contributed by atoms with Crippen LogP contribution in [0, 0.1) is 0 Å². The van der Waals surface area contributed by atoms with Gasteiger partial charge in [-0.3, -0.25) is 0 Å². The van der Waals surface area contributed by atoms with Crippen LogP contribution in [0.1, 0.15) is 0 Å². The SMILES string of the molecule is C[Si](C)C.C[Si](C)C.C[Si](C)C.C[Si](C)C.C[Si](C)C.C[Si](C)C.[Sn].[Sn].[Sn]. The second-order valence-corrected chi connectivity index (χ2v) is 27.0. The quantitative estimate of drug-likeness (QED) is 0.230. The first kappa shape index (κ1) is 57.5. The van der Waals surface area contributed by atoms with Gasteiger partial charge in [-0.15, -0.1) is 0 Å². The molecule has 27 heavy (non-hydrogen) atoms. The Balaban J connectivity index is -0.0000000201. The van der Waals surface area contributed by atoms with Crippen LogP contribution in [-0.2, 0) is 0 Å². The summed E-state index contributed by atoms with van der Waals surface area (Å²) in [5, 5.41) is 0. The van der Waals surface area contributed by atoms with Gasteiger partial charge in [0.05, 0.1) is 0 Å². The Morgan fingerprint density at radius 2 is 0.185 bits per heavy atom. The van der Waals surface area contributed by atoms with Gasteiger partial charge in [0.15, 0.2) is 0 Å². The molecule has 162 valence electrons. The molecule has 0 aromatic carbocycles. The molecule has 0 aliphatic heterocycles. The summed E-state index contributed by atoms with van der Waals surface area (Å²) >= 11 is 0. The Hall–Kier alpha value is 3.70. The van der Waals surface area contributed by atoms with Crippen LogP contribution in [0.2, 0.25) is 118 Å². The molecule has 0 saturated carbocycles. The first-order chi connectivity index (χ1) is 10.4. The zero-order chi connectivity index (χ0) is 21.5. The van der Waals surface area contributed by atoms with E-state index in [9.17, 15) is 0 Å². The topological polar surface area (TPSA) is 0 Å². The van der Waals surface area contributed by atoms with Crippen molar-refractivity contribution in [2.75, 3.05) is 0 Å². The Morgan fingerprint density at radius 1 is 0.185 bits per heavy atom. The van der Waals surface area contributed by atoms with E-state index in [2.05, 4.69) is 118 Å². The van der Waals surface area contributed by atoms with Crippen LogP contribution < -0.4 is 0 Å². The summed E-state index contributed by atoms with van der Waals surface area (Å²) in [4.78, 5) is 0. The molecule has 0 aromatic rings. The van der Waals surface area contributed by atoms with E-state index in [4.69, 9.17) is 0 Å². The van der Waals surface area contributed by atoms with Gasteiger partial charge in [-0.05, 0) is 0 Å². The Labute approximate surface area is 239 Å². The normalized spacial score (nSPS) is 8.00. The van der Waals surface area contributed by atoms with Gasteiger partial charge in [-0.1, -0.05) is 118 Å². The first-order valence-electron chi connectivity index (χ1n) is 9.00. The third-order valence-electron chi connectivity index (χ3n) is 0. The van der Waals surface area contributed by atoms with Crippen LogP contribution in [0.25, 0.3) is 0 Å². The van der Waals surface area contributed by atoms with Crippen molar-refractivity contribution in [2.45, 2.75) is 118 Å². The summed E-state index contributed by atoms with van der Waals surface area (Å²) in [5.74, 6) is 0. The van der Waals surface area contributed by atoms with Crippen molar-refractivity contribution >= 4 is 125 Å². The van der Waals surface area contributed by atoms with Crippen LogP contribution >= 0.6 is 0 Å². The molecule has 0 N–H and O–H groups in total. The van der Waals surface area contributed by atoms with Gasteiger partial charge >= 0.3 is 0 Å². The van der Waals surface area contributed by atoms with Gasteiger partial charge < -0.3 is 0 Å². The van der Waals surface area contributed by atoms with E-state index in [1.165, 1.54) is 0 Å². The van der Waals surface area contributed by atoms with Crippen molar-refractivity contribution in [3.8, 4) is 0 Å². The molecular formula is C18H54Si6Sn3. The number of rotatable bonds is 0. The van der Waals surface area contributed by atoms with Gasteiger partial charge in [-0.25, -0.2) is 0 Å². The summed E-state index contributed by atoms with van der Waals surface area (Å²) < 4.78 is 0. The minimum absolute atomic E-state index is 0. The van der Waals surface area contributed by atoms with Gasteiger partial charge in [0.1, 0.15) is 0 Å². The van der Waals surface area contributed by atoms with Gasteiger partial charge in [0, 0.05) is 125 Å². The Kier molecular flexibility index (Phi) is 111. The molecule has 0 bridgehead atoms. The summed E-state index contributed by atoms with van der Waals surface area (Å²) in [6.07, 6.45) is 0. The molecule has 0 saturated heterocycles. The molecule has 0 unspecified atom stereocenters. The Morgan fingerprint density at radius 3 is 0.185 bits per heavy atom. The Bertz CT molecular complexity index is 108. The zero-order valence-corrected chi connectivity index (χ0v) is 37.1. The maximum absolute atomic E-state index is 2.27. The van der Waals surface area contributed by atoms with Gasteiger partial charge in [0.2, 0.25) is 0 Å². The molecule has 0 atom stereocenters. The molecule has 0 fully saturated rings. The molecule has 9 heteroatoms. The van der Waals surface area contributed by atoms with Crippen molar-refractivity contribution in [2.24, 2.45) is 0 Å². The van der Waals surface area contributed by atoms with E-state index >= 15 is 0 Å². The predicted octanol–water partition coefficient (Wildman–Crippen LogP) is 7.08. The second-order valence-electron chi connectivity index (χ2n) is 9.00. The standard InChI is InChI=1S/6C3H9Si.3Sn/c6*1-4(2)3;;;/h6*1-3H3;;;. The van der Waals surface area contributed by atoms with Gasteiger partial charge in [-0.2, -0.15) is 0 Å². The molecule has 0 spiro atoms. The molecular weight excluding hydrogens is 741 g/mol. The molecule has 0 aromatic heterocycles. The van der Waals surface area contributed by atoms with E-state index in [1.807, 2.05) is 0 Å². The molecule has 18 radical (unpaired) electrons. The van der Waals surface area contributed by atoms with E-state index < -0.39 is 0 Å². The van der Waals surface area contributed by atoms with Crippen LogP contribution in [0.3, 0.4) is 0 Å². The van der Waals surface area contributed by atoms with E-state index in [0.717, 1.165) is 0 Å². The van der Waals surface area contributed by atoms with Crippen molar-refractivity contribution in [1.29, 1.82) is 0 Å². The third-order valence-corrected chi connectivity index (χ3v) is 0. The predicted molar refractivity (Wildman–Crippen MR) is 157 cm³/mol.